The Morgan fingerprint density at radius 1 is 1.42 bits per heavy atom. The Balaban J connectivity index is 2.19. The fourth-order valence-electron chi connectivity index (χ4n) is 2.30. The van der Waals surface area contributed by atoms with Crippen LogP contribution in [0, 0.1) is 0 Å². The molecule has 0 aliphatic carbocycles. The van der Waals surface area contributed by atoms with E-state index in [-0.39, 0.29) is 5.69 Å². The molecule has 1 aliphatic rings. The Bertz CT molecular complexity index is 654. The van der Waals surface area contributed by atoms with E-state index in [1.807, 2.05) is 6.07 Å². The quantitative estimate of drug-likeness (QED) is 0.387. The van der Waals surface area contributed by atoms with Crippen molar-refractivity contribution in [2.24, 2.45) is 0 Å². The zero-order valence-electron chi connectivity index (χ0n) is 9.60. The van der Waals surface area contributed by atoms with E-state index >= 15 is 0 Å². The molecule has 2 aromatic rings. The number of hydrogen-bond donors (Lipinski definition) is 4. The van der Waals surface area contributed by atoms with Gasteiger partial charge in [0.05, 0.1) is 22.5 Å². The number of benzene rings is 1. The normalized spacial score (nSPS) is 13.5. The molecule has 4 N–H and O–H groups in total. The van der Waals surface area contributed by atoms with Crippen LogP contribution in [-0.4, -0.2) is 27.9 Å². The lowest BCUT2D eigenvalue weighted by molar-refractivity contribution is -0.432. The monoisotopic (exact) mass is 282 g/mol. The van der Waals surface area contributed by atoms with Crippen LogP contribution in [0.15, 0.2) is 17.0 Å². The molecule has 0 spiro atoms. The minimum atomic E-state index is -1.02. The van der Waals surface area contributed by atoms with Crippen LogP contribution in [0.3, 0.4) is 0 Å². The second-order valence-corrected chi connectivity index (χ2v) is 4.82. The maximum atomic E-state index is 11.0. The molecule has 0 bridgehead atoms. The van der Waals surface area contributed by atoms with Gasteiger partial charge < -0.3 is 15.4 Å². The lowest BCUT2D eigenvalue weighted by Gasteiger charge is -2.06. The first kappa shape index (κ1) is 12.3. The Hall–Kier alpha value is -1.74. The molecule has 0 saturated heterocycles. The van der Waals surface area contributed by atoms with E-state index in [0.717, 1.165) is 41.6 Å². The first-order valence-corrected chi connectivity index (χ1v) is 6.25. The number of aromatic carboxylic acids is 1. The van der Waals surface area contributed by atoms with Gasteiger partial charge in [-0.05, 0) is 24.1 Å². The van der Waals surface area contributed by atoms with Gasteiger partial charge in [-0.25, -0.2) is 10.1 Å². The van der Waals surface area contributed by atoms with Crippen molar-refractivity contribution < 1.29 is 24.5 Å². The predicted octanol–water partition coefficient (Wildman–Crippen LogP) is 2.26. The Morgan fingerprint density at radius 2 is 2.26 bits per heavy atom. The molecule has 1 aromatic heterocycles. The molecule has 0 unspecified atom stereocenters. The van der Waals surface area contributed by atoms with Crippen molar-refractivity contribution in [3.8, 4) is 0 Å². The third-order valence-corrected chi connectivity index (χ3v) is 3.70. The van der Waals surface area contributed by atoms with Gasteiger partial charge in [0, 0.05) is 17.6 Å². The highest BCUT2D eigenvalue weighted by atomic mass is 32.2. The molecule has 19 heavy (non-hydrogen) atoms. The van der Waals surface area contributed by atoms with Crippen LogP contribution in [0.1, 0.15) is 16.1 Å². The van der Waals surface area contributed by atoms with Gasteiger partial charge in [0.15, 0.2) is 0 Å². The highest BCUT2D eigenvalue weighted by Gasteiger charge is 2.20. The first-order valence-electron chi connectivity index (χ1n) is 5.51. The number of H-pyrrole nitrogens is 1. The van der Waals surface area contributed by atoms with Gasteiger partial charge in [0.1, 0.15) is 5.69 Å². The summed E-state index contributed by atoms with van der Waals surface area (Å²) in [6.07, 6.45) is 0.838. The Morgan fingerprint density at radius 3 is 3.00 bits per heavy atom. The summed E-state index contributed by atoms with van der Waals surface area (Å²) in [6, 6.07) is 3.43. The molecule has 0 atom stereocenters. The van der Waals surface area contributed by atoms with E-state index in [2.05, 4.69) is 19.7 Å². The first-order chi connectivity index (χ1) is 9.20. The van der Waals surface area contributed by atoms with Crippen molar-refractivity contribution in [2.75, 3.05) is 11.9 Å². The summed E-state index contributed by atoms with van der Waals surface area (Å²) < 4.78 is 4.43. The van der Waals surface area contributed by atoms with Gasteiger partial charge in [0.2, 0.25) is 0 Å². The molecule has 1 aliphatic heterocycles. The van der Waals surface area contributed by atoms with Crippen molar-refractivity contribution in [2.45, 2.75) is 11.3 Å². The second-order valence-electron chi connectivity index (χ2n) is 4.08. The number of nitrogens with one attached hydrogen (secondary N) is 2. The summed E-state index contributed by atoms with van der Waals surface area (Å²) in [5.41, 5.74) is 2.78. The molecule has 8 heteroatoms. The van der Waals surface area contributed by atoms with Crippen LogP contribution >= 0.6 is 12.0 Å². The zero-order chi connectivity index (χ0) is 13.4. The number of hydrogen-bond acceptors (Lipinski definition) is 6. The molecular formula is C11H10N2O5S. The van der Waals surface area contributed by atoms with Gasteiger partial charge in [-0.2, -0.15) is 0 Å². The lowest BCUT2D eigenvalue weighted by atomic mass is 10.1. The number of fused-ring (bicyclic) bond motifs is 3. The second kappa shape index (κ2) is 4.74. The van der Waals surface area contributed by atoms with Crippen molar-refractivity contribution in [1.29, 1.82) is 0 Å². The standard InChI is InChI=1S/C11H10N2O5S/c14-11(15)8-3-6-5-1-2-12-7(5)4-9(10(6)13-8)19-18-17-16/h3-4,12-13,16H,1-2H2,(H,14,15). The highest BCUT2D eigenvalue weighted by Crippen LogP contribution is 2.38. The predicted molar refractivity (Wildman–Crippen MR) is 68.1 cm³/mol. The summed E-state index contributed by atoms with van der Waals surface area (Å²) in [4.78, 5) is 14.5. The van der Waals surface area contributed by atoms with Crippen LogP contribution in [-0.2, 0) is 15.8 Å². The van der Waals surface area contributed by atoms with Crippen molar-refractivity contribution in [1.82, 2.24) is 4.98 Å². The summed E-state index contributed by atoms with van der Waals surface area (Å²) >= 11 is 0.805. The average Bonchev–Trinajstić information content (AvgIpc) is 3.00. The molecule has 0 fully saturated rings. The fraction of sp³-hybridized carbons (Fsp3) is 0.182. The molecule has 0 amide bonds. The molecule has 0 radical (unpaired) electrons. The maximum Gasteiger partial charge on any atom is 0.352 e. The van der Waals surface area contributed by atoms with Gasteiger partial charge in [0.25, 0.3) is 0 Å². The largest absolute Gasteiger partial charge is 0.477 e. The van der Waals surface area contributed by atoms with Crippen LogP contribution in [0.5, 0.6) is 0 Å². The molecule has 100 valence electrons. The van der Waals surface area contributed by atoms with E-state index in [1.54, 1.807) is 6.07 Å². The maximum absolute atomic E-state index is 11.0. The van der Waals surface area contributed by atoms with Crippen molar-refractivity contribution >= 4 is 34.6 Å². The minimum Gasteiger partial charge on any atom is -0.477 e. The number of aromatic amines is 1. The summed E-state index contributed by atoms with van der Waals surface area (Å²) in [5, 5.41) is 24.9. The third-order valence-electron chi connectivity index (χ3n) is 3.06. The van der Waals surface area contributed by atoms with Crippen LogP contribution in [0.4, 0.5) is 5.69 Å². The highest BCUT2D eigenvalue weighted by molar-refractivity contribution is 7.94. The number of anilines is 1. The molecule has 7 nitrogen and oxygen atoms in total. The van der Waals surface area contributed by atoms with Gasteiger partial charge in [-0.15, -0.1) is 4.33 Å². The summed E-state index contributed by atoms with van der Waals surface area (Å²) in [7, 11) is 0. The number of carboxylic acid groups (broad SMARTS) is 1. The SMILES string of the molecule is O=C(O)c1cc2c3c(cc(SOOO)c2[nH]1)NCC3. The number of carboxylic acids is 1. The van der Waals surface area contributed by atoms with Gasteiger partial charge in [-0.3, -0.25) is 0 Å². The third kappa shape index (κ3) is 2.04. The van der Waals surface area contributed by atoms with Crippen molar-refractivity contribution in [3.05, 3.63) is 23.4 Å². The van der Waals surface area contributed by atoms with E-state index in [1.165, 1.54) is 0 Å². The molecule has 3 rings (SSSR count). The fourth-order valence-corrected chi connectivity index (χ4v) is 2.82. The Kier molecular flexibility index (Phi) is 3.07. The molecule has 1 aromatic carbocycles. The van der Waals surface area contributed by atoms with Gasteiger partial charge in [-0.1, -0.05) is 5.04 Å². The number of rotatable bonds is 4. The molecule has 2 heterocycles. The van der Waals surface area contributed by atoms with Gasteiger partial charge >= 0.3 is 5.97 Å². The zero-order valence-corrected chi connectivity index (χ0v) is 10.4. The lowest BCUT2D eigenvalue weighted by Crippen LogP contribution is -1.95. The summed E-state index contributed by atoms with van der Waals surface area (Å²) in [6.45, 7) is 0.809. The topological polar surface area (TPSA) is 104 Å². The number of aromatic nitrogens is 1. The van der Waals surface area contributed by atoms with E-state index in [9.17, 15) is 4.79 Å². The molecular weight excluding hydrogens is 272 g/mol. The van der Waals surface area contributed by atoms with Crippen LogP contribution in [0.25, 0.3) is 10.9 Å². The van der Waals surface area contributed by atoms with E-state index in [0.29, 0.717) is 10.4 Å². The smallest absolute Gasteiger partial charge is 0.352 e. The number of carbonyl (C=O) groups is 1. The van der Waals surface area contributed by atoms with Crippen LogP contribution in [0.2, 0.25) is 0 Å². The Labute approximate surface area is 111 Å². The van der Waals surface area contributed by atoms with E-state index in [4.69, 9.17) is 10.4 Å². The molecule has 0 saturated carbocycles. The van der Waals surface area contributed by atoms with E-state index < -0.39 is 5.97 Å². The van der Waals surface area contributed by atoms with Crippen molar-refractivity contribution in [3.63, 3.8) is 0 Å². The van der Waals surface area contributed by atoms with Crippen LogP contribution < -0.4 is 5.32 Å². The minimum absolute atomic E-state index is 0.113. The summed E-state index contributed by atoms with van der Waals surface area (Å²) in [5.74, 6) is -1.02. The average molecular weight is 282 g/mol.